The fraction of sp³-hybridized carbons (Fsp3) is 0.562. The first-order valence-electron chi connectivity index (χ1n) is 7.39. The molecule has 1 aromatic rings. The van der Waals surface area contributed by atoms with Gasteiger partial charge in [-0.25, -0.2) is 4.79 Å². The molecule has 110 valence electrons. The number of nitrogens with zero attached hydrogens (tertiary/aromatic N) is 1. The van der Waals surface area contributed by atoms with Gasteiger partial charge in [0.15, 0.2) is 0 Å². The molecular formula is C16H24N2O2. The molecular weight excluding hydrogens is 252 g/mol. The number of aliphatic hydroxyl groups excluding tert-OH is 1. The molecule has 1 aliphatic rings. The molecule has 2 N–H and O–H groups in total. The van der Waals surface area contributed by atoms with Gasteiger partial charge < -0.3 is 15.3 Å². The van der Waals surface area contributed by atoms with Crippen LogP contribution >= 0.6 is 0 Å². The van der Waals surface area contributed by atoms with E-state index in [0.717, 1.165) is 31.5 Å². The highest BCUT2D eigenvalue weighted by Crippen LogP contribution is 2.16. The first kappa shape index (κ1) is 14.9. The van der Waals surface area contributed by atoms with Crippen molar-refractivity contribution in [1.82, 2.24) is 10.2 Å². The zero-order chi connectivity index (χ0) is 14.4. The number of aliphatic hydroxyl groups is 1. The average Bonchev–Trinajstić information content (AvgIpc) is 2.48. The third-order valence-corrected chi connectivity index (χ3v) is 3.94. The second kappa shape index (κ2) is 7.29. The summed E-state index contributed by atoms with van der Waals surface area (Å²) in [5.41, 5.74) is 1.12. The molecule has 0 saturated carbocycles. The Morgan fingerprint density at radius 2 is 2.00 bits per heavy atom. The van der Waals surface area contributed by atoms with Gasteiger partial charge in [-0.05, 0) is 30.7 Å². The van der Waals surface area contributed by atoms with Crippen molar-refractivity contribution in [3.63, 3.8) is 0 Å². The van der Waals surface area contributed by atoms with Crippen LogP contribution in [0.3, 0.4) is 0 Å². The van der Waals surface area contributed by atoms with E-state index in [1.165, 1.54) is 0 Å². The minimum atomic E-state index is -0.218. The van der Waals surface area contributed by atoms with Crippen molar-refractivity contribution in [3.8, 4) is 0 Å². The Kier molecular flexibility index (Phi) is 5.41. The SMILES string of the molecule is CC1CCN(C(=O)N[C@@H](CO)Cc2ccccc2)CC1. The zero-order valence-corrected chi connectivity index (χ0v) is 12.1. The molecule has 4 heteroatoms. The molecule has 1 aliphatic heterocycles. The number of carbonyl (C=O) groups excluding carboxylic acids is 1. The molecule has 0 unspecified atom stereocenters. The van der Waals surface area contributed by atoms with Crippen LogP contribution in [-0.2, 0) is 6.42 Å². The van der Waals surface area contributed by atoms with E-state index in [4.69, 9.17) is 0 Å². The number of amides is 2. The molecule has 0 aromatic heterocycles. The number of urea groups is 1. The first-order valence-corrected chi connectivity index (χ1v) is 7.39. The highest BCUT2D eigenvalue weighted by Gasteiger charge is 2.22. The van der Waals surface area contributed by atoms with Gasteiger partial charge in [0.25, 0.3) is 0 Å². The van der Waals surface area contributed by atoms with Crippen molar-refractivity contribution < 1.29 is 9.90 Å². The van der Waals surface area contributed by atoms with Crippen LogP contribution in [0, 0.1) is 5.92 Å². The molecule has 1 atom stereocenters. The lowest BCUT2D eigenvalue weighted by atomic mass is 9.99. The largest absolute Gasteiger partial charge is 0.394 e. The van der Waals surface area contributed by atoms with Crippen LogP contribution in [-0.4, -0.2) is 41.8 Å². The van der Waals surface area contributed by atoms with Gasteiger partial charge in [-0.2, -0.15) is 0 Å². The number of nitrogens with one attached hydrogen (secondary N) is 1. The molecule has 1 saturated heterocycles. The standard InChI is InChI=1S/C16H24N2O2/c1-13-7-9-18(10-8-13)16(20)17-15(12-19)11-14-5-3-2-4-6-14/h2-6,13,15,19H,7-12H2,1H3,(H,17,20)/t15-/m1/s1. The summed E-state index contributed by atoms with van der Waals surface area (Å²) < 4.78 is 0. The Morgan fingerprint density at radius 3 is 2.60 bits per heavy atom. The number of rotatable bonds is 4. The van der Waals surface area contributed by atoms with Gasteiger partial charge in [-0.1, -0.05) is 37.3 Å². The Balaban J connectivity index is 1.85. The summed E-state index contributed by atoms with van der Waals surface area (Å²) in [6, 6.07) is 9.66. The number of hydrogen-bond donors (Lipinski definition) is 2. The Hall–Kier alpha value is -1.55. The van der Waals surface area contributed by atoms with Crippen LogP contribution in [0.5, 0.6) is 0 Å². The van der Waals surface area contributed by atoms with E-state index in [1.54, 1.807) is 0 Å². The summed E-state index contributed by atoms with van der Waals surface area (Å²) in [4.78, 5) is 14.0. The maximum absolute atomic E-state index is 12.2. The third kappa shape index (κ3) is 4.23. The average molecular weight is 276 g/mol. The molecule has 20 heavy (non-hydrogen) atoms. The zero-order valence-electron chi connectivity index (χ0n) is 12.1. The summed E-state index contributed by atoms with van der Waals surface area (Å²) in [7, 11) is 0. The van der Waals surface area contributed by atoms with E-state index in [2.05, 4.69) is 12.2 Å². The summed E-state index contributed by atoms with van der Waals surface area (Å²) in [6.45, 7) is 3.82. The predicted molar refractivity (Wildman–Crippen MR) is 79.5 cm³/mol. The van der Waals surface area contributed by atoms with Crippen LogP contribution in [0.2, 0.25) is 0 Å². The number of likely N-dealkylation sites (tertiary alicyclic amines) is 1. The smallest absolute Gasteiger partial charge is 0.317 e. The van der Waals surface area contributed by atoms with Crippen molar-refractivity contribution in [2.24, 2.45) is 5.92 Å². The van der Waals surface area contributed by atoms with Crippen molar-refractivity contribution in [2.75, 3.05) is 19.7 Å². The van der Waals surface area contributed by atoms with Crippen molar-refractivity contribution >= 4 is 6.03 Å². The second-order valence-electron chi connectivity index (χ2n) is 5.69. The molecule has 0 bridgehead atoms. The molecule has 2 rings (SSSR count). The Morgan fingerprint density at radius 1 is 1.35 bits per heavy atom. The van der Waals surface area contributed by atoms with E-state index in [0.29, 0.717) is 12.3 Å². The third-order valence-electron chi connectivity index (χ3n) is 3.94. The molecule has 4 nitrogen and oxygen atoms in total. The van der Waals surface area contributed by atoms with Crippen LogP contribution < -0.4 is 5.32 Å². The van der Waals surface area contributed by atoms with Crippen LogP contribution in [0.1, 0.15) is 25.3 Å². The highest BCUT2D eigenvalue weighted by molar-refractivity contribution is 5.74. The first-order chi connectivity index (χ1) is 9.69. The lowest BCUT2D eigenvalue weighted by Crippen LogP contribution is -2.49. The van der Waals surface area contributed by atoms with Gasteiger partial charge in [-0.15, -0.1) is 0 Å². The fourth-order valence-corrected chi connectivity index (χ4v) is 2.54. The van der Waals surface area contributed by atoms with Gasteiger partial charge in [0.1, 0.15) is 0 Å². The maximum Gasteiger partial charge on any atom is 0.317 e. The quantitative estimate of drug-likeness (QED) is 0.884. The lowest BCUT2D eigenvalue weighted by molar-refractivity contribution is 0.162. The normalized spacial score (nSPS) is 17.8. The predicted octanol–water partition coefficient (Wildman–Crippen LogP) is 2.03. The van der Waals surface area contributed by atoms with Gasteiger partial charge in [0.05, 0.1) is 12.6 Å². The topological polar surface area (TPSA) is 52.6 Å². The van der Waals surface area contributed by atoms with E-state index in [-0.39, 0.29) is 18.7 Å². The van der Waals surface area contributed by atoms with Gasteiger partial charge in [0.2, 0.25) is 0 Å². The number of hydrogen-bond acceptors (Lipinski definition) is 2. The molecule has 1 aromatic carbocycles. The summed E-state index contributed by atoms with van der Waals surface area (Å²) in [5, 5.41) is 12.4. The Bertz CT molecular complexity index is 414. The Labute approximate surface area is 120 Å². The van der Waals surface area contributed by atoms with Gasteiger partial charge in [-0.3, -0.25) is 0 Å². The van der Waals surface area contributed by atoms with E-state index in [9.17, 15) is 9.90 Å². The molecule has 1 fully saturated rings. The van der Waals surface area contributed by atoms with Crippen LogP contribution in [0.4, 0.5) is 4.79 Å². The molecule has 0 spiro atoms. The molecule has 2 amide bonds. The van der Waals surface area contributed by atoms with E-state index >= 15 is 0 Å². The van der Waals surface area contributed by atoms with Gasteiger partial charge in [0, 0.05) is 13.1 Å². The molecule has 0 aliphatic carbocycles. The molecule has 0 radical (unpaired) electrons. The lowest BCUT2D eigenvalue weighted by Gasteiger charge is -2.31. The van der Waals surface area contributed by atoms with Crippen molar-refractivity contribution in [1.29, 1.82) is 0 Å². The second-order valence-corrected chi connectivity index (χ2v) is 5.69. The number of piperidine rings is 1. The monoisotopic (exact) mass is 276 g/mol. The number of benzene rings is 1. The minimum absolute atomic E-state index is 0.0368. The van der Waals surface area contributed by atoms with Crippen LogP contribution in [0.15, 0.2) is 30.3 Å². The summed E-state index contributed by atoms with van der Waals surface area (Å²) in [5.74, 6) is 0.706. The van der Waals surface area contributed by atoms with E-state index in [1.807, 2.05) is 35.2 Å². The number of carbonyl (C=O) groups is 1. The van der Waals surface area contributed by atoms with Crippen molar-refractivity contribution in [2.45, 2.75) is 32.2 Å². The summed E-state index contributed by atoms with van der Waals surface area (Å²) in [6.07, 6.45) is 2.79. The molecule has 1 heterocycles. The summed E-state index contributed by atoms with van der Waals surface area (Å²) >= 11 is 0. The minimum Gasteiger partial charge on any atom is -0.394 e. The van der Waals surface area contributed by atoms with Gasteiger partial charge >= 0.3 is 6.03 Å². The van der Waals surface area contributed by atoms with Crippen molar-refractivity contribution in [3.05, 3.63) is 35.9 Å². The fourth-order valence-electron chi connectivity index (χ4n) is 2.54. The van der Waals surface area contributed by atoms with Crippen LogP contribution in [0.25, 0.3) is 0 Å². The van der Waals surface area contributed by atoms with E-state index < -0.39 is 0 Å². The highest BCUT2D eigenvalue weighted by atomic mass is 16.3. The maximum atomic E-state index is 12.2.